The fraction of sp³-hybridized carbons (Fsp3) is 0.600. The Kier molecular flexibility index (Phi) is 7.39. The second-order valence-corrected chi connectivity index (χ2v) is 7.25. The molecule has 0 saturated heterocycles. The van der Waals surface area contributed by atoms with Crippen LogP contribution in [0.5, 0.6) is 0 Å². The van der Waals surface area contributed by atoms with Crippen molar-refractivity contribution in [2.24, 2.45) is 10.8 Å². The summed E-state index contributed by atoms with van der Waals surface area (Å²) >= 11 is 0. The van der Waals surface area contributed by atoms with Gasteiger partial charge in [0, 0.05) is 0 Å². The predicted molar refractivity (Wildman–Crippen MR) is 90.3 cm³/mol. The van der Waals surface area contributed by atoms with E-state index in [-0.39, 0.29) is 54.0 Å². The molecule has 0 heterocycles. The standard InChI is InChI=1S/2C10H15.Ce.H/c2*1-7-6-10(4,5)9(3)8(7)2;;/h2*1-5H3;;/q2*-1;+3;-1. The van der Waals surface area contributed by atoms with Gasteiger partial charge in [-0.3, -0.25) is 12.2 Å². The third-order valence-corrected chi connectivity index (χ3v) is 5.12. The van der Waals surface area contributed by atoms with Gasteiger partial charge in [0.25, 0.3) is 0 Å². The van der Waals surface area contributed by atoms with Gasteiger partial charge in [-0.2, -0.15) is 22.3 Å². The Labute approximate surface area is 167 Å². The Morgan fingerprint density at radius 1 is 0.619 bits per heavy atom. The van der Waals surface area contributed by atoms with Crippen molar-refractivity contribution in [3.8, 4) is 0 Å². The Bertz CT molecular complexity index is 490. The molecule has 0 saturated carbocycles. The van der Waals surface area contributed by atoms with Crippen LogP contribution in [-0.4, -0.2) is 0 Å². The molecule has 2 aliphatic carbocycles. The van der Waals surface area contributed by atoms with Gasteiger partial charge in [0.2, 0.25) is 0 Å². The van der Waals surface area contributed by atoms with Crippen LogP contribution >= 0.6 is 0 Å². The molecule has 2 aliphatic rings. The summed E-state index contributed by atoms with van der Waals surface area (Å²) in [6.07, 6.45) is 6.87. The zero-order chi connectivity index (χ0) is 15.9. The third-order valence-electron chi connectivity index (χ3n) is 5.12. The SMILES string of the molecule is CC1=[C-]C(C)(C)C(C)=C1C.CC1=[C-]C(C)(C)C(C)=C1C.[Ce+3].[H-]. The predicted octanol–water partition coefficient (Wildman–Crippen LogP) is 6.34. The van der Waals surface area contributed by atoms with E-state index in [9.17, 15) is 0 Å². The van der Waals surface area contributed by atoms with Gasteiger partial charge in [-0.25, -0.2) is 11.1 Å². The number of hydrogen-bond acceptors (Lipinski definition) is 0. The summed E-state index contributed by atoms with van der Waals surface area (Å²) in [5.41, 5.74) is 8.79. The summed E-state index contributed by atoms with van der Waals surface area (Å²) < 4.78 is 0. The van der Waals surface area contributed by atoms with E-state index in [0.717, 1.165) is 0 Å². The first kappa shape index (κ1) is 21.3. The maximum absolute atomic E-state index is 3.44. The summed E-state index contributed by atoms with van der Waals surface area (Å²) in [5.74, 6) is 0. The van der Waals surface area contributed by atoms with Crippen molar-refractivity contribution in [3.05, 3.63) is 45.6 Å². The summed E-state index contributed by atoms with van der Waals surface area (Å²) in [6.45, 7) is 21.8. The van der Waals surface area contributed by atoms with Crippen molar-refractivity contribution in [1.29, 1.82) is 0 Å². The molecule has 0 amide bonds. The first-order valence-electron chi connectivity index (χ1n) is 7.50. The minimum Gasteiger partial charge on any atom is -1.00 e. The molecular weight excluding hydrogens is 380 g/mol. The fourth-order valence-electron chi connectivity index (χ4n) is 2.81. The van der Waals surface area contributed by atoms with Gasteiger partial charge in [0.05, 0.1) is 0 Å². The minimum atomic E-state index is 0. The van der Waals surface area contributed by atoms with Crippen molar-refractivity contribution in [1.82, 2.24) is 0 Å². The molecule has 0 nitrogen and oxygen atoms in total. The van der Waals surface area contributed by atoms with Gasteiger partial charge in [-0.1, -0.05) is 66.2 Å². The molecular formula is C20H31Ce. The van der Waals surface area contributed by atoms with Crippen LogP contribution in [0, 0.1) is 64.7 Å². The van der Waals surface area contributed by atoms with Gasteiger partial charge in [-0.05, 0) is 0 Å². The van der Waals surface area contributed by atoms with Gasteiger partial charge >= 0.3 is 41.7 Å². The summed E-state index contributed by atoms with van der Waals surface area (Å²) in [6, 6.07) is 0. The second kappa shape index (κ2) is 7.27. The molecule has 1 heteroatoms. The fourth-order valence-corrected chi connectivity index (χ4v) is 2.81. The van der Waals surface area contributed by atoms with Crippen LogP contribution in [0.1, 0.15) is 70.7 Å². The largest absolute Gasteiger partial charge is 3.00 e. The van der Waals surface area contributed by atoms with E-state index in [0.29, 0.717) is 0 Å². The number of allylic oxidation sites excluding steroid dienone is 8. The molecule has 2 rings (SSSR count). The maximum atomic E-state index is 3.44. The zero-order valence-electron chi connectivity index (χ0n) is 16.5. The van der Waals surface area contributed by atoms with E-state index in [4.69, 9.17) is 0 Å². The van der Waals surface area contributed by atoms with Crippen molar-refractivity contribution in [2.45, 2.75) is 69.2 Å². The molecule has 0 fully saturated rings. The molecule has 0 aliphatic heterocycles. The molecule has 0 aromatic carbocycles. The van der Waals surface area contributed by atoms with E-state index in [1.807, 2.05) is 0 Å². The Balaban J connectivity index is 0. The Morgan fingerprint density at radius 2 is 0.857 bits per heavy atom. The van der Waals surface area contributed by atoms with Crippen LogP contribution in [-0.2, 0) is 0 Å². The number of rotatable bonds is 0. The summed E-state index contributed by atoms with van der Waals surface area (Å²) in [4.78, 5) is 0. The molecule has 0 aromatic rings. The molecule has 0 N–H and O–H groups in total. The minimum absolute atomic E-state index is 0. The quantitative estimate of drug-likeness (QED) is 0.408. The maximum Gasteiger partial charge on any atom is 3.00 e. The molecule has 115 valence electrons. The van der Waals surface area contributed by atoms with Crippen molar-refractivity contribution in [3.63, 3.8) is 0 Å². The van der Waals surface area contributed by atoms with Gasteiger partial charge in [-0.15, -0.1) is 13.8 Å². The van der Waals surface area contributed by atoms with Crippen molar-refractivity contribution in [2.75, 3.05) is 0 Å². The molecule has 1 radical (unpaired) electrons. The summed E-state index contributed by atoms with van der Waals surface area (Å²) in [7, 11) is 0. The van der Waals surface area contributed by atoms with Crippen LogP contribution in [0.25, 0.3) is 0 Å². The summed E-state index contributed by atoms with van der Waals surface area (Å²) in [5, 5.41) is 0. The van der Waals surface area contributed by atoms with Gasteiger partial charge in [0.15, 0.2) is 0 Å². The van der Waals surface area contributed by atoms with Crippen LogP contribution in [0.15, 0.2) is 33.4 Å². The van der Waals surface area contributed by atoms with Crippen molar-refractivity contribution >= 4 is 0 Å². The van der Waals surface area contributed by atoms with Crippen LogP contribution < -0.4 is 0 Å². The average molecular weight is 412 g/mol. The third kappa shape index (κ3) is 4.65. The van der Waals surface area contributed by atoms with E-state index in [1.54, 1.807) is 0 Å². The van der Waals surface area contributed by atoms with Crippen LogP contribution in [0.3, 0.4) is 0 Å². The normalized spacial score (nSPS) is 22.4. The van der Waals surface area contributed by atoms with Crippen LogP contribution in [0.2, 0.25) is 0 Å². The molecule has 0 aromatic heterocycles. The molecule has 0 bridgehead atoms. The monoisotopic (exact) mass is 411 g/mol. The zero-order valence-corrected chi connectivity index (χ0v) is 18.6. The van der Waals surface area contributed by atoms with E-state index >= 15 is 0 Å². The smallest absolute Gasteiger partial charge is 1.00 e. The van der Waals surface area contributed by atoms with E-state index in [2.05, 4.69) is 81.4 Å². The Morgan fingerprint density at radius 3 is 0.905 bits per heavy atom. The second-order valence-electron chi connectivity index (χ2n) is 7.25. The topological polar surface area (TPSA) is 0 Å². The van der Waals surface area contributed by atoms with Crippen LogP contribution in [0.4, 0.5) is 0 Å². The Hall–Kier alpha value is 0.337. The molecule has 0 spiro atoms. The first-order chi connectivity index (χ1) is 8.90. The molecule has 0 unspecified atom stereocenters. The first-order valence-corrected chi connectivity index (χ1v) is 7.50. The average Bonchev–Trinajstić information content (AvgIpc) is 2.60. The van der Waals surface area contributed by atoms with Gasteiger partial charge < -0.3 is 1.43 Å². The van der Waals surface area contributed by atoms with Gasteiger partial charge in [0.1, 0.15) is 0 Å². The van der Waals surface area contributed by atoms with E-state index in [1.165, 1.54) is 33.4 Å². The van der Waals surface area contributed by atoms with E-state index < -0.39 is 0 Å². The molecule has 21 heavy (non-hydrogen) atoms. The molecule has 0 atom stereocenters. The number of hydrogen-bond donors (Lipinski definition) is 0. The van der Waals surface area contributed by atoms with Crippen molar-refractivity contribution < 1.29 is 43.2 Å².